The van der Waals surface area contributed by atoms with Crippen LogP contribution in [0, 0.1) is 0 Å². The Bertz CT molecular complexity index is 471. The maximum Gasteiger partial charge on any atom is 0.270 e. The van der Waals surface area contributed by atoms with Gasteiger partial charge in [-0.15, -0.1) is 0 Å². The second-order valence-corrected chi connectivity index (χ2v) is 7.25. The second kappa shape index (κ2) is 20.4. The van der Waals surface area contributed by atoms with Crippen molar-refractivity contribution in [2.45, 2.75) is 70.4 Å². The number of methoxy groups -OCH3 is 1. The van der Waals surface area contributed by atoms with Gasteiger partial charge in [-0.2, -0.15) is 0 Å². The first-order valence-corrected chi connectivity index (χ1v) is 11.1. The molecule has 0 heterocycles. The third-order valence-corrected chi connectivity index (χ3v) is 4.51. The van der Waals surface area contributed by atoms with Gasteiger partial charge in [0.2, 0.25) is 12.1 Å². The molecule has 0 aliphatic rings. The molecule has 30 heavy (non-hydrogen) atoms. The van der Waals surface area contributed by atoms with Crippen molar-refractivity contribution in [2.24, 2.45) is 22.2 Å². The SMILES string of the molecule is COC(NC(=O)CCCCCCCCN=C(N)N)C(=O)NCCCCNCCCN. The predicted octanol–water partition coefficient (Wildman–Crippen LogP) is -0.0860. The first kappa shape index (κ1) is 28.1. The van der Waals surface area contributed by atoms with Crippen molar-refractivity contribution < 1.29 is 14.3 Å². The number of hydrogen-bond acceptors (Lipinski definition) is 6. The molecule has 0 aliphatic carbocycles. The van der Waals surface area contributed by atoms with Crippen molar-refractivity contribution in [1.82, 2.24) is 16.0 Å². The number of ether oxygens (including phenoxy) is 1. The molecule has 0 bridgehead atoms. The molecule has 0 aromatic heterocycles. The summed E-state index contributed by atoms with van der Waals surface area (Å²) in [7, 11) is 1.41. The van der Waals surface area contributed by atoms with E-state index in [1.54, 1.807) is 0 Å². The zero-order valence-electron chi connectivity index (χ0n) is 18.6. The number of unbranched alkanes of at least 4 members (excludes halogenated alkanes) is 6. The highest BCUT2D eigenvalue weighted by Crippen LogP contribution is 2.07. The van der Waals surface area contributed by atoms with Crippen molar-refractivity contribution in [1.29, 1.82) is 0 Å². The molecule has 0 aromatic carbocycles. The molecule has 0 saturated heterocycles. The van der Waals surface area contributed by atoms with Gasteiger partial charge in [-0.1, -0.05) is 25.7 Å². The van der Waals surface area contributed by atoms with E-state index in [2.05, 4.69) is 20.9 Å². The van der Waals surface area contributed by atoms with Gasteiger partial charge in [-0.25, -0.2) is 0 Å². The first-order chi connectivity index (χ1) is 14.5. The van der Waals surface area contributed by atoms with Gasteiger partial charge in [-0.05, 0) is 51.7 Å². The normalized spacial score (nSPS) is 11.7. The van der Waals surface area contributed by atoms with Gasteiger partial charge < -0.3 is 37.9 Å². The number of nitrogens with two attached hydrogens (primary N) is 3. The van der Waals surface area contributed by atoms with Crippen molar-refractivity contribution >= 4 is 17.8 Å². The highest BCUT2D eigenvalue weighted by molar-refractivity contribution is 5.86. The molecule has 0 fully saturated rings. The summed E-state index contributed by atoms with van der Waals surface area (Å²) < 4.78 is 5.11. The Morgan fingerprint density at radius 2 is 1.53 bits per heavy atom. The van der Waals surface area contributed by atoms with Crippen LogP contribution in [0.1, 0.15) is 64.2 Å². The molecular weight excluding hydrogens is 386 g/mol. The van der Waals surface area contributed by atoms with Crippen LogP contribution >= 0.6 is 0 Å². The molecule has 176 valence electrons. The number of hydrogen-bond donors (Lipinski definition) is 6. The molecule has 10 nitrogen and oxygen atoms in total. The maximum absolute atomic E-state index is 12.1. The Labute approximate surface area is 181 Å². The number of guanidine groups is 1. The molecule has 2 amide bonds. The summed E-state index contributed by atoms with van der Waals surface area (Å²) >= 11 is 0. The van der Waals surface area contributed by atoms with Crippen LogP contribution in [0.5, 0.6) is 0 Å². The van der Waals surface area contributed by atoms with Crippen LogP contribution in [0.25, 0.3) is 0 Å². The van der Waals surface area contributed by atoms with E-state index in [-0.39, 0.29) is 17.8 Å². The zero-order valence-corrected chi connectivity index (χ0v) is 18.6. The number of carbonyl (C=O) groups is 2. The number of rotatable bonds is 20. The minimum atomic E-state index is -0.948. The van der Waals surface area contributed by atoms with Gasteiger partial charge >= 0.3 is 0 Å². The highest BCUT2D eigenvalue weighted by atomic mass is 16.5. The summed E-state index contributed by atoms with van der Waals surface area (Å²) in [5.41, 5.74) is 16.0. The third-order valence-electron chi connectivity index (χ3n) is 4.51. The fourth-order valence-corrected chi connectivity index (χ4v) is 2.79. The molecule has 0 radical (unpaired) electrons. The number of aliphatic imine (C=N–C) groups is 1. The van der Waals surface area contributed by atoms with Crippen LogP contribution < -0.4 is 33.2 Å². The van der Waals surface area contributed by atoms with Crippen LogP contribution in [-0.4, -0.2) is 63.8 Å². The van der Waals surface area contributed by atoms with E-state index in [9.17, 15) is 9.59 Å². The summed E-state index contributed by atoms with van der Waals surface area (Å²) in [5, 5.41) is 8.72. The van der Waals surface area contributed by atoms with Gasteiger partial charge in [0.1, 0.15) is 0 Å². The number of carbonyl (C=O) groups excluding carboxylic acids is 2. The van der Waals surface area contributed by atoms with E-state index in [0.717, 1.165) is 70.9 Å². The lowest BCUT2D eigenvalue weighted by Gasteiger charge is -2.17. The number of nitrogens with zero attached hydrogens (tertiary/aromatic N) is 1. The summed E-state index contributed by atoms with van der Waals surface area (Å²) in [6, 6.07) is 0. The zero-order chi connectivity index (χ0) is 22.5. The summed E-state index contributed by atoms with van der Waals surface area (Å²) in [6.07, 6.45) is 8.16. The first-order valence-electron chi connectivity index (χ1n) is 11.1. The fraction of sp³-hybridized carbons (Fsp3) is 0.850. The minimum Gasteiger partial charge on any atom is -0.370 e. The molecule has 9 N–H and O–H groups in total. The van der Waals surface area contributed by atoms with E-state index in [0.29, 0.717) is 26.1 Å². The van der Waals surface area contributed by atoms with Gasteiger partial charge in [0, 0.05) is 26.6 Å². The average molecular weight is 430 g/mol. The molecule has 0 rings (SSSR count). The average Bonchev–Trinajstić information content (AvgIpc) is 2.72. The Balaban J connectivity index is 3.71. The van der Waals surface area contributed by atoms with Crippen molar-refractivity contribution in [3.63, 3.8) is 0 Å². The van der Waals surface area contributed by atoms with Crippen molar-refractivity contribution in [2.75, 3.05) is 39.8 Å². The van der Waals surface area contributed by atoms with Crippen LogP contribution in [0.15, 0.2) is 4.99 Å². The molecular formula is C20H43N7O3. The van der Waals surface area contributed by atoms with Crippen molar-refractivity contribution in [3.8, 4) is 0 Å². The smallest absolute Gasteiger partial charge is 0.270 e. The highest BCUT2D eigenvalue weighted by Gasteiger charge is 2.19. The van der Waals surface area contributed by atoms with E-state index in [1.807, 2.05) is 0 Å². The van der Waals surface area contributed by atoms with E-state index >= 15 is 0 Å². The molecule has 0 spiro atoms. The molecule has 1 unspecified atom stereocenters. The van der Waals surface area contributed by atoms with Crippen LogP contribution in [0.4, 0.5) is 0 Å². The van der Waals surface area contributed by atoms with E-state index < -0.39 is 6.23 Å². The summed E-state index contributed by atoms with van der Waals surface area (Å²) in [6.45, 7) is 3.72. The third kappa shape index (κ3) is 18.1. The van der Waals surface area contributed by atoms with Crippen LogP contribution in [0.3, 0.4) is 0 Å². The molecule has 0 aliphatic heterocycles. The van der Waals surface area contributed by atoms with Gasteiger partial charge in [0.05, 0.1) is 0 Å². The van der Waals surface area contributed by atoms with E-state index in [1.165, 1.54) is 7.11 Å². The lowest BCUT2D eigenvalue weighted by molar-refractivity contribution is -0.139. The Morgan fingerprint density at radius 1 is 0.900 bits per heavy atom. The van der Waals surface area contributed by atoms with Gasteiger partial charge in [0.25, 0.3) is 5.91 Å². The molecule has 0 saturated carbocycles. The van der Waals surface area contributed by atoms with E-state index in [4.69, 9.17) is 21.9 Å². The maximum atomic E-state index is 12.1. The molecule has 0 aromatic rings. The van der Waals surface area contributed by atoms with Crippen molar-refractivity contribution in [3.05, 3.63) is 0 Å². The lowest BCUT2D eigenvalue weighted by Crippen LogP contribution is -2.48. The van der Waals surface area contributed by atoms with Gasteiger partial charge in [-0.3, -0.25) is 14.6 Å². The quantitative estimate of drug-likeness (QED) is 0.0680. The predicted molar refractivity (Wildman–Crippen MR) is 121 cm³/mol. The van der Waals surface area contributed by atoms with Gasteiger partial charge in [0.15, 0.2) is 5.96 Å². The fourth-order valence-electron chi connectivity index (χ4n) is 2.79. The van der Waals surface area contributed by atoms with Crippen LogP contribution in [-0.2, 0) is 14.3 Å². The monoisotopic (exact) mass is 429 g/mol. The number of nitrogens with one attached hydrogen (secondary N) is 3. The minimum absolute atomic E-state index is 0.135. The summed E-state index contributed by atoms with van der Waals surface area (Å²) in [5.74, 6) is -0.355. The lowest BCUT2D eigenvalue weighted by atomic mass is 10.1. The summed E-state index contributed by atoms with van der Waals surface area (Å²) in [4.78, 5) is 28.1. The Morgan fingerprint density at radius 3 is 2.20 bits per heavy atom. The second-order valence-electron chi connectivity index (χ2n) is 7.25. The standard InChI is InChI=1S/C20H43N7O3/c1-30-19(18(29)25-15-9-8-13-24-14-10-12-21)27-17(28)11-6-4-2-3-5-7-16-26-20(22)23/h19,24H,2-16,21H2,1H3,(H,25,29)(H,27,28)(H4,22,23,26). The largest absolute Gasteiger partial charge is 0.370 e. The molecule has 10 heteroatoms. The molecule has 1 atom stereocenters. The Kier molecular flexibility index (Phi) is 19.1. The van der Waals surface area contributed by atoms with Crippen LogP contribution in [0.2, 0.25) is 0 Å². The number of amides is 2. The topological polar surface area (TPSA) is 170 Å². The Hall–Kier alpha value is -1.91.